The second kappa shape index (κ2) is 4.86. The van der Waals surface area contributed by atoms with Crippen LogP contribution in [-0.2, 0) is 9.59 Å². The van der Waals surface area contributed by atoms with E-state index in [2.05, 4.69) is 0 Å². The van der Waals surface area contributed by atoms with Crippen molar-refractivity contribution < 1.29 is 14.0 Å². The van der Waals surface area contributed by atoms with Crippen LogP contribution in [0.3, 0.4) is 0 Å². The highest BCUT2D eigenvalue weighted by Gasteiger charge is 2.36. The second-order valence-corrected chi connectivity index (χ2v) is 4.61. The molecule has 1 aliphatic heterocycles. The number of hydrogen-bond acceptors (Lipinski definition) is 3. The van der Waals surface area contributed by atoms with Crippen molar-refractivity contribution in [1.82, 2.24) is 4.90 Å². The molecule has 96 valence electrons. The summed E-state index contributed by atoms with van der Waals surface area (Å²) in [6.07, 6.45) is 0.245. The summed E-state index contributed by atoms with van der Waals surface area (Å²) in [5.41, 5.74) is 6.63. The van der Waals surface area contributed by atoms with Gasteiger partial charge in [0.2, 0.25) is 11.8 Å². The van der Waals surface area contributed by atoms with E-state index in [0.29, 0.717) is 5.56 Å². The van der Waals surface area contributed by atoms with Gasteiger partial charge in [0.05, 0.1) is 0 Å². The smallest absolute Gasteiger partial charge is 0.232 e. The predicted octanol–water partition coefficient (Wildman–Crippen LogP) is 1.22. The normalized spacial score (nSPS) is 21.5. The van der Waals surface area contributed by atoms with Crippen LogP contribution in [-0.4, -0.2) is 23.3 Å². The Hall–Kier alpha value is -1.75. The fourth-order valence-corrected chi connectivity index (χ4v) is 2.05. The summed E-state index contributed by atoms with van der Waals surface area (Å²) >= 11 is 0. The molecule has 0 bridgehead atoms. The SMILES string of the molecule is CC1CC(=O)N(CC(N)c2ccc(F)cc2)C1=O. The largest absolute Gasteiger partial charge is 0.322 e. The van der Waals surface area contributed by atoms with Gasteiger partial charge < -0.3 is 5.73 Å². The van der Waals surface area contributed by atoms with Crippen molar-refractivity contribution in [2.24, 2.45) is 11.7 Å². The second-order valence-electron chi connectivity index (χ2n) is 4.61. The van der Waals surface area contributed by atoms with Gasteiger partial charge in [-0.3, -0.25) is 14.5 Å². The topological polar surface area (TPSA) is 63.4 Å². The Labute approximate surface area is 105 Å². The third-order valence-corrected chi connectivity index (χ3v) is 3.15. The maximum atomic E-state index is 12.8. The first kappa shape index (κ1) is 12.7. The van der Waals surface area contributed by atoms with Gasteiger partial charge in [0.15, 0.2) is 0 Å². The zero-order valence-corrected chi connectivity index (χ0v) is 10.1. The highest BCUT2D eigenvalue weighted by molar-refractivity contribution is 6.03. The average Bonchev–Trinajstić information content (AvgIpc) is 2.57. The molecule has 1 aromatic rings. The molecule has 1 fully saturated rings. The lowest BCUT2D eigenvalue weighted by molar-refractivity contribution is -0.139. The fourth-order valence-electron chi connectivity index (χ4n) is 2.05. The lowest BCUT2D eigenvalue weighted by Crippen LogP contribution is -2.36. The third kappa shape index (κ3) is 2.41. The van der Waals surface area contributed by atoms with E-state index in [1.165, 1.54) is 17.0 Å². The molecule has 5 heteroatoms. The molecule has 2 amide bonds. The summed E-state index contributed by atoms with van der Waals surface area (Å²) in [5.74, 6) is -0.978. The number of nitrogens with zero attached hydrogens (tertiary/aromatic N) is 1. The lowest BCUT2D eigenvalue weighted by atomic mass is 10.1. The molecule has 0 aromatic heterocycles. The molecule has 1 aliphatic rings. The van der Waals surface area contributed by atoms with Crippen LogP contribution in [0.15, 0.2) is 24.3 Å². The Morgan fingerprint density at radius 2 is 2.00 bits per heavy atom. The predicted molar refractivity (Wildman–Crippen MR) is 63.8 cm³/mol. The molecule has 1 heterocycles. The molecule has 2 atom stereocenters. The molecule has 0 aliphatic carbocycles. The summed E-state index contributed by atoms with van der Waals surface area (Å²) in [4.78, 5) is 24.5. The van der Waals surface area contributed by atoms with Gasteiger partial charge in [-0.1, -0.05) is 19.1 Å². The van der Waals surface area contributed by atoms with Crippen LogP contribution < -0.4 is 5.73 Å². The van der Waals surface area contributed by atoms with E-state index in [1.807, 2.05) is 0 Å². The highest BCUT2D eigenvalue weighted by atomic mass is 19.1. The minimum absolute atomic E-state index is 0.146. The number of carbonyl (C=O) groups excluding carboxylic acids is 2. The molecule has 2 unspecified atom stereocenters. The number of amides is 2. The molecule has 1 aromatic carbocycles. The van der Waals surface area contributed by atoms with Crippen molar-refractivity contribution in [3.8, 4) is 0 Å². The standard InChI is InChI=1S/C13H15FN2O2/c1-8-6-12(17)16(13(8)18)7-11(15)9-2-4-10(14)5-3-9/h2-5,8,11H,6-7,15H2,1H3. The van der Waals surface area contributed by atoms with E-state index >= 15 is 0 Å². The van der Waals surface area contributed by atoms with Crippen LogP contribution in [0.25, 0.3) is 0 Å². The van der Waals surface area contributed by atoms with E-state index < -0.39 is 6.04 Å². The zero-order chi connectivity index (χ0) is 13.3. The van der Waals surface area contributed by atoms with Crippen molar-refractivity contribution >= 4 is 11.8 Å². The van der Waals surface area contributed by atoms with E-state index in [4.69, 9.17) is 5.73 Å². The molecular formula is C13H15FN2O2. The van der Waals surface area contributed by atoms with E-state index in [1.54, 1.807) is 19.1 Å². The van der Waals surface area contributed by atoms with Crippen LogP contribution in [0.5, 0.6) is 0 Å². The van der Waals surface area contributed by atoms with Crippen LogP contribution in [0, 0.1) is 11.7 Å². The Morgan fingerprint density at radius 3 is 2.50 bits per heavy atom. The molecular weight excluding hydrogens is 235 g/mol. The Balaban J connectivity index is 2.07. The van der Waals surface area contributed by atoms with Gasteiger partial charge in [0.25, 0.3) is 0 Å². The van der Waals surface area contributed by atoms with Crippen molar-refractivity contribution in [3.05, 3.63) is 35.6 Å². The Kier molecular flexibility index (Phi) is 3.43. The number of nitrogens with two attached hydrogens (primary N) is 1. The highest BCUT2D eigenvalue weighted by Crippen LogP contribution is 2.21. The molecule has 18 heavy (non-hydrogen) atoms. The number of carbonyl (C=O) groups is 2. The number of rotatable bonds is 3. The van der Waals surface area contributed by atoms with Gasteiger partial charge in [0, 0.05) is 24.9 Å². The van der Waals surface area contributed by atoms with Crippen molar-refractivity contribution in [2.75, 3.05) is 6.54 Å². The monoisotopic (exact) mass is 250 g/mol. The van der Waals surface area contributed by atoms with Crippen LogP contribution in [0.4, 0.5) is 4.39 Å². The summed E-state index contributed by atoms with van der Waals surface area (Å²) < 4.78 is 12.8. The first-order chi connectivity index (χ1) is 8.49. The molecule has 2 N–H and O–H groups in total. The summed E-state index contributed by atoms with van der Waals surface area (Å²) in [6.45, 7) is 1.87. The first-order valence-electron chi connectivity index (χ1n) is 5.84. The minimum Gasteiger partial charge on any atom is -0.322 e. The average molecular weight is 250 g/mol. The molecule has 0 spiro atoms. The number of imide groups is 1. The Bertz CT molecular complexity index is 472. The maximum absolute atomic E-state index is 12.8. The van der Waals surface area contributed by atoms with Gasteiger partial charge in [-0.25, -0.2) is 4.39 Å². The van der Waals surface area contributed by atoms with Crippen LogP contribution >= 0.6 is 0 Å². The fraction of sp³-hybridized carbons (Fsp3) is 0.385. The number of likely N-dealkylation sites (tertiary alicyclic amines) is 1. The van der Waals surface area contributed by atoms with Gasteiger partial charge >= 0.3 is 0 Å². The molecule has 0 radical (unpaired) electrons. The maximum Gasteiger partial charge on any atom is 0.232 e. The zero-order valence-electron chi connectivity index (χ0n) is 10.1. The summed E-state index contributed by atoms with van der Waals surface area (Å²) in [5, 5.41) is 0. The van der Waals surface area contributed by atoms with Crippen LogP contribution in [0.2, 0.25) is 0 Å². The molecule has 1 saturated heterocycles. The van der Waals surface area contributed by atoms with Gasteiger partial charge in [-0.15, -0.1) is 0 Å². The number of hydrogen-bond donors (Lipinski definition) is 1. The van der Waals surface area contributed by atoms with E-state index in [9.17, 15) is 14.0 Å². The van der Waals surface area contributed by atoms with E-state index in [0.717, 1.165) is 0 Å². The molecule has 0 saturated carbocycles. The minimum atomic E-state index is -0.483. The van der Waals surface area contributed by atoms with Crippen LogP contribution in [0.1, 0.15) is 24.9 Å². The quantitative estimate of drug-likeness (QED) is 0.820. The van der Waals surface area contributed by atoms with Crippen molar-refractivity contribution in [1.29, 1.82) is 0 Å². The summed E-state index contributed by atoms with van der Waals surface area (Å²) in [7, 11) is 0. The van der Waals surface area contributed by atoms with Gasteiger partial charge in [-0.05, 0) is 17.7 Å². The third-order valence-electron chi connectivity index (χ3n) is 3.15. The lowest BCUT2D eigenvalue weighted by Gasteiger charge is -2.19. The van der Waals surface area contributed by atoms with Gasteiger partial charge in [-0.2, -0.15) is 0 Å². The van der Waals surface area contributed by atoms with E-state index in [-0.39, 0.29) is 36.5 Å². The number of halogens is 1. The van der Waals surface area contributed by atoms with Gasteiger partial charge in [0.1, 0.15) is 5.82 Å². The van der Waals surface area contributed by atoms with Crippen molar-refractivity contribution in [2.45, 2.75) is 19.4 Å². The molecule has 2 rings (SSSR count). The first-order valence-corrected chi connectivity index (χ1v) is 5.84. The Morgan fingerprint density at radius 1 is 1.39 bits per heavy atom. The van der Waals surface area contributed by atoms with Crippen molar-refractivity contribution in [3.63, 3.8) is 0 Å². The number of benzene rings is 1. The molecule has 4 nitrogen and oxygen atoms in total. The summed E-state index contributed by atoms with van der Waals surface area (Å²) in [6, 6.07) is 5.27.